The number of rotatable bonds is 13. The largest absolute Gasteiger partial charge is 0.516 e. The van der Waals surface area contributed by atoms with Crippen LogP contribution in [-0.2, 0) is 14.2 Å². The topological polar surface area (TPSA) is 47.9 Å². The third-order valence-electron chi connectivity index (χ3n) is 6.25. The second kappa shape index (κ2) is 14.1. The molecule has 0 aliphatic heterocycles. The van der Waals surface area contributed by atoms with Crippen molar-refractivity contribution in [2.45, 2.75) is 39.2 Å². The van der Waals surface area contributed by atoms with Crippen LogP contribution in [0.15, 0.2) is 103 Å². The Bertz CT molecular complexity index is 1160. The van der Waals surface area contributed by atoms with E-state index in [0.717, 1.165) is 28.5 Å². The van der Waals surface area contributed by atoms with E-state index in [1.54, 1.807) is 6.08 Å². The molecule has 3 rings (SSSR count). The molecule has 0 radical (unpaired) electrons. The Balaban J connectivity index is 1.98. The molecule has 0 aliphatic carbocycles. The molecule has 4 nitrogen and oxygen atoms in total. The first-order chi connectivity index (χ1) is 17.9. The number of benzene rings is 3. The maximum Gasteiger partial charge on any atom is 0.162 e. The van der Waals surface area contributed by atoms with Gasteiger partial charge in [0.25, 0.3) is 0 Å². The van der Waals surface area contributed by atoms with Gasteiger partial charge in [0.05, 0.1) is 12.9 Å². The van der Waals surface area contributed by atoms with E-state index in [1.807, 2.05) is 91.9 Å². The van der Waals surface area contributed by atoms with Crippen molar-refractivity contribution in [2.24, 2.45) is 0 Å². The predicted molar refractivity (Wildman–Crippen MR) is 153 cm³/mol. The molecule has 0 aliphatic rings. The molecule has 1 unspecified atom stereocenters. The lowest BCUT2D eigenvalue weighted by Gasteiger charge is -2.34. The van der Waals surface area contributed by atoms with Crippen molar-refractivity contribution in [1.82, 2.24) is 0 Å². The van der Waals surface area contributed by atoms with Gasteiger partial charge in [0.2, 0.25) is 0 Å². The number of ether oxygens (including phenoxy) is 3. The molecule has 0 saturated heterocycles. The minimum atomic E-state index is -0.562. The minimum Gasteiger partial charge on any atom is -0.516 e. The molecule has 0 saturated carbocycles. The summed E-state index contributed by atoms with van der Waals surface area (Å²) in [7, 11) is 0. The van der Waals surface area contributed by atoms with Crippen LogP contribution >= 0.6 is 0 Å². The average molecular weight is 499 g/mol. The maximum atomic E-state index is 9.07. The Kier molecular flexibility index (Phi) is 10.6. The monoisotopic (exact) mass is 498 g/mol. The molecule has 4 heteroatoms. The van der Waals surface area contributed by atoms with Crippen LogP contribution in [0.4, 0.5) is 0 Å². The third kappa shape index (κ3) is 8.69. The highest BCUT2D eigenvalue weighted by molar-refractivity contribution is 5.62. The molecular formula is C33H38O4. The van der Waals surface area contributed by atoms with E-state index in [0.29, 0.717) is 31.3 Å². The SMILES string of the molecule is CCOCCOC(=Cc1ccccc1)C(=Cc1ccccc1)OC(C)(C)C(C)c1ccc(C=CO)cc1. The van der Waals surface area contributed by atoms with Gasteiger partial charge in [-0.05, 0) is 61.3 Å². The van der Waals surface area contributed by atoms with Gasteiger partial charge in [0.15, 0.2) is 11.5 Å². The summed E-state index contributed by atoms with van der Waals surface area (Å²) < 4.78 is 18.6. The second-order valence-electron chi connectivity index (χ2n) is 9.29. The molecule has 3 aromatic carbocycles. The van der Waals surface area contributed by atoms with Crippen LogP contribution in [0.5, 0.6) is 0 Å². The highest BCUT2D eigenvalue weighted by Crippen LogP contribution is 2.35. The second-order valence-corrected chi connectivity index (χ2v) is 9.29. The number of hydrogen-bond donors (Lipinski definition) is 1. The van der Waals surface area contributed by atoms with Crippen LogP contribution in [-0.4, -0.2) is 30.5 Å². The van der Waals surface area contributed by atoms with E-state index in [1.165, 1.54) is 0 Å². The zero-order valence-electron chi connectivity index (χ0n) is 22.3. The maximum absolute atomic E-state index is 9.07. The lowest BCUT2D eigenvalue weighted by Crippen LogP contribution is -2.31. The average Bonchev–Trinajstić information content (AvgIpc) is 2.91. The van der Waals surface area contributed by atoms with Crippen molar-refractivity contribution in [2.75, 3.05) is 19.8 Å². The van der Waals surface area contributed by atoms with E-state index in [9.17, 15) is 0 Å². The fourth-order valence-corrected chi connectivity index (χ4v) is 3.85. The molecule has 0 spiro atoms. The van der Waals surface area contributed by atoms with Gasteiger partial charge in [0, 0.05) is 12.5 Å². The van der Waals surface area contributed by atoms with Gasteiger partial charge < -0.3 is 19.3 Å². The fourth-order valence-electron chi connectivity index (χ4n) is 3.85. The van der Waals surface area contributed by atoms with Gasteiger partial charge in [-0.2, -0.15) is 0 Å². The number of aliphatic hydroxyl groups is 1. The van der Waals surface area contributed by atoms with Crippen LogP contribution in [0.2, 0.25) is 0 Å². The summed E-state index contributed by atoms with van der Waals surface area (Å²) in [6.07, 6.45) is 6.76. The molecule has 0 heterocycles. The number of hydrogen-bond acceptors (Lipinski definition) is 4. The molecular weight excluding hydrogens is 460 g/mol. The first-order valence-electron chi connectivity index (χ1n) is 12.8. The van der Waals surface area contributed by atoms with Crippen LogP contribution < -0.4 is 0 Å². The summed E-state index contributed by atoms with van der Waals surface area (Å²) in [5.74, 6) is 1.38. The summed E-state index contributed by atoms with van der Waals surface area (Å²) in [5, 5.41) is 9.07. The highest BCUT2D eigenvalue weighted by Gasteiger charge is 2.31. The molecule has 3 aromatic rings. The summed E-state index contributed by atoms with van der Waals surface area (Å²) >= 11 is 0. The van der Waals surface area contributed by atoms with Gasteiger partial charge in [-0.15, -0.1) is 0 Å². The zero-order chi connectivity index (χ0) is 26.5. The van der Waals surface area contributed by atoms with Gasteiger partial charge in [-0.25, -0.2) is 0 Å². The summed E-state index contributed by atoms with van der Waals surface area (Å²) in [6, 6.07) is 28.3. The Hall–Kier alpha value is -3.76. The normalized spacial score (nSPS) is 13.5. The Labute approximate surface area is 221 Å². The first-order valence-corrected chi connectivity index (χ1v) is 12.8. The molecule has 1 N–H and O–H groups in total. The molecule has 0 bridgehead atoms. The standard InChI is InChI=1S/C33H38O4/c1-5-35-22-23-36-31(24-28-12-8-6-9-13-28)32(25-29-14-10-7-11-15-29)37-33(3,4)26(2)30-18-16-27(17-19-30)20-21-34/h6-21,24-26,34H,5,22-23H2,1-4H3. The molecule has 194 valence electrons. The molecule has 1 atom stereocenters. The Morgan fingerprint density at radius 2 is 1.35 bits per heavy atom. The summed E-state index contributed by atoms with van der Waals surface area (Å²) in [5.41, 5.74) is 3.57. The fraction of sp³-hybridized carbons (Fsp3) is 0.273. The summed E-state index contributed by atoms with van der Waals surface area (Å²) in [6.45, 7) is 9.88. The van der Waals surface area contributed by atoms with E-state index in [-0.39, 0.29) is 5.92 Å². The number of aliphatic hydroxyl groups excluding tert-OH is 1. The van der Waals surface area contributed by atoms with Gasteiger partial charge in [-0.3, -0.25) is 0 Å². The molecule has 0 amide bonds. The van der Waals surface area contributed by atoms with E-state index in [4.69, 9.17) is 19.3 Å². The Morgan fingerprint density at radius 3 is 1.89 bits per heavy atom. The summed E-state index contributed by atoms with van der Waals surface area (Å²) in [4.78, 5) is 0. The molecule has 0 aromatic heterocycles. The van der Waals surface area contributed by atoms with Crippen molar-refractivity contribution in [3.05, 3.63) is 125 Å². The van der Waals surface area contributed by atoms with E-state index in [2.05, 4.69) is 32.9 Å². The zero-order valence-corrected chi connectivity index (χ0v) is 22.3. The van der Waals surface area contributed by atoms with Crippen LogP contribution in [0.1, 0.15) is 55.9 Å². The van der Waals surface area contributed by atoms with Crippen molar-refractivity contribution in [3.63, 3.8) is 0 Å². The predicted octanol–water partition coefficient (Wildman–Crippen LogP) is 8.25. The van der Waals surface area contributed by atoms with Gasteiger partial charge in [0.1, 0.15) is 12.2 Å². The van der Waals surface area contributed by atoms with Gasteiger partial charge >= 0.3 is 0 Å². The third-order valence-corrected chi connectivity index (χ3v) is 6.25. The van der Waals surface area contributed by atoms with Crippen molar-refractivity contribution in [1.29, 1.82) is 0 Å². The van der Waals surface area contributed by atoms with Crippen LogP contribution in [0.3, 0.4) is 0 Å². The lowest BCUT2D eigenvalue weighted by atomic mass is 9.85. The molecule has 37 heavy (non-hydrogen) atoms. The van der Waals surface area contributed by atoms with E-state index < -0.39 is 5.60 Å². The minimum absolute atomic E-state index is 0.0697. The van der Waals surface area contributed by atoms with Crippen molar-refractivity contribution in [3.8, 4) is 0 Å². The van der Waals surface area contributed by atoms with Crippen LogP contribution in [0, 0.1) is 0 Å². The Morgan fingerprint density at radius 1 is 0.784 bits per heavy atom. The van der Waals surface area contributed by atoms with E-state index >= 15 is 0 Å². The smallest absolute Gasteiger partial charge is 0.162 e. The van der Waals surface area contributed by atoms with Crippen molar-refractivity contribution < 1.29 is 19.3 Å². The quantitative estimate of drug-likeness (QED) is 0.146. The van der Waals surface area contributed by atoms with Crippen LogP contribution in [0.25, 0.3) is 18.2 Å². The lowest BCUT2D eigenvalue weighted by molar-refractivity contribution is 0.00425. The molecule has 0 fully saturated rings. The highest BCUT2D eigenvalue weighted by atomic mass is 16.6. The van der Waals surface area contributed by atoms with Gasteiger partial charge in [-0.1, -0.05) is 91.9 Å². The van der Waals surface area contributed by atoms with Crippen molar-refractivity contribution >= 4 is 18.2 Å². The first kappa shape index (κ1) is 27.8.